The van der Waals surface area contributed by atoms with Crippen LogP contribution in [0.15, 0.2) is 18.2 Å². The Labute approximate surface area is 110 Å². The monoisotopic (exact) mass is 298 g/mol. The summed E-state index contributed by atoms with van der Waals surface area (Å²) in [5, 5.41) is 9.29. The van der Waals surface area contributed by atoms with Gasteiger partial charge in [0.05, 0.1) is 13.2 Å². The first-order chi connectivity index (χ1) is 9.23. The van der Waals surface area contributed by atoms with E-state index in [0.717, 1.165) is 12.1 Å². The van der Waals surface area contributed by atoms with Gasteiger partial charge in [-0.3, -0.25) is 0 Å². The number of aliphatic hydroxyl groups excluding tert-OH is 1. The summed E-state index contributed by atoms with van der Waals surface area (Å²) in [6, 6.07) is 3.09. The first kappa shape index (κ1) is 14.8. The minimum atomic E-state index is -5.84. The molecule has 1 aliphatic heterocycles. The fourth-order valence-corrected chi connectivity index (χ4v) is 1.71. The molecule has 2 rings (SSSR count). The highest BCUT2D eigenvalue weighted by molar-refractivity contribution is 5.44. The molecule has 112 valence electrons. The van der Waals surface area contributed by atoms with Crippen LogP contribution in [0.3, 0.4) is 0 Å². The van der Waals surface area contributed by atoms with Crippen LogP contribution >= 0.6 is 0 Å². The first-order valence-corrected chi connectivity index (χ1v) is 5.75. The third kappa shape index (κ3) is 2.65. The van der Waals surface area contributed by atoms with Crippen LogP contribution < -0.4 is 9.47 Å². The highest BCUT2D eigenvalue weighted by Crippen LogP contribution is 2.45. The topological polar surface area (TPSA) is 38.7 Å². The summed E-state index contributed by atoms with van der Waals surface area (Å²) in [7, 11) is 0. The van der Waals surface area contributed by atoms with E-state index in [1.54, 1.807) is 0 Å². The maximum atomic E-state index is 13.1. The van der Waals surface area contributed by atoms with Crippen LogP contribution in [0.5, 0.6) is 11.5 Å². The maximum absolute atomic E-state index is 13.1. The van der Waals surface area contributed by atoms with Gasteiger partial charge in [0, 0.05) is 6.42 Å². The molecule has 0 amide bonds. The van der Waals surface area contributed by atoms with Crippen molar-refractivity contribution in [2.45, 2.75) is 24.6 Å². The maximum Gasteiger partial charge on any atom is 0.456 e. The molecule has 0 bridgehead atoms. The molecule has 0 fully saturated rings. The zero-order valence-electron chi connectivity index (χ0n) is 10.1. The number of alkyl halides is 5. The van der Waals surface area contributed by atoms with Crippen LogP contribution in [0.1, 0.15) is 18.1 Å². The molecule has 1 atom stereocenters. The van der Waals surface area contributed by atoms with Crippen molar-refractivity contribution in [1.82, 2.24) is 0 Å². The average Bonchev–Trinajstić information content (AvgIpc) is 2.60. The van der Waals surface area contributed by atoms with Crippen LogP contribution in [0, 0.1) is 0 Å². The highest BCUT2D eigenvalue weighted by atomic mass is 19.4. The van der Waals surface area contributed by atoms with Gasteiger partial charge in [-0.15, -0.1) is 0 Å². The lowest BCUT2D eigenvalue weighted by Crippen LogP contribution is -2.42. The van der Waals surface area contributed by atoms with Crippen molar-refractivity contribution in [3.63, 3.8) is 0 Å². The van der Waals surface area contributed by atoms with Crippen LogP contribution in [0.25, 0.3) is 0 Å². The van der Waals surface area contributed by atoms with Gasteiger partial charge in [-0.05, 0) is 17.7 Å². The Hall–Kier alpha value is -1.57. The Morgan fingerprint density at radius 1 is 1.00 bits per heavy atom. The average molecular weight is 298 g/mol. The van der Waals surface area contributed by atoms with E-state index < -0.39 is 23.8 Å². The van der Waals surface area contributed by atoms with Gasteiger partial charge in [-0.2, -0.15) is 22.0 Å². The normalized spacial score (nSPS) is 17.5. The van der Waals surface area contributed by atoms with Gasteiger partial charge < -0.3 is 14.6 Å². The van der Waals surface area contributed by atoms with Crippen LogP contribution in [0.4, 0.5) is 22.0 Å². The van der Waals surface area contributed by atoms with E-state index in [0.29, 0.717) is 13.0 Å². The quantitative estimate of drug-likeness (QED) is 0.853. The molecular weight excluding hydrogens is 287 g/mol. The number of hydrogen-bond acceptors (Lipinski definition) is 3. The van der Waals surface area contributed by atoms with E-state index >= 15 is 0 Å². The number of halogens is 5. The minimum Gasteiger partial charge on any atom is -0.490 e. The van der Waals surface area contributed by atoms with Gasteiger partial charge in [0.1, 0.15) is 0 Å². The zero-order valence-corrected chi connectivity index (χ0v) is 10.1. The van der Waals surface area contributed by atoms with Crippen LogP contribution in [-0.2, 0) is 0 Å². The van der Waals surface area contributed by atoms with Crippen molar-refractivity contribution in [3.8, 4) is 11.5 Å². The summed E-state index contributed by atoms with van der Waals surface area (Å²) in [6.45, 7) is 0.607. The number of aliphatic hydroxyl groups is 1. The van der Waals surface area contributed by atoms with Crippen LogP contribution in [-0.4, -0.2) is 30.4 Å². The molecule has 0 aliphatic carbocycles. The molecule has 8 heteroatoms. The Morgan fingerprint density at radius 2 is 1.60 bits per heavy atom. The van der Waals surface area contributed by atoms with Crippen molar-refractivity contribution in [3.05, 3.63) is 23.8 Å². The number of ether oxygens (including phenoxy) is 2. The smallest absolute Gasteiger partial charge is 0.456 e. The second kappa shape index (κ2) is 5.08. The van der Waals surface area contributed by atoms with Crippen molar-refractivity contribution in [2.75, 3.05) is 13.2 Å². The Bertz CT molecular complexity index is 486. The van der Waals surface area contributed by atoms with Gasteiger partial charge in [0.15, 0.2) is 17.6 Å². The van der Waals surface area contributed by atoms with Crippen molar-refractivity contribution in [2.24, 2.45) is 0 Å². The summed E-state index contributed by atoms with van der Waals surface area (Å²) in [5.74, 6) is -4.96. The van der Waals surface area contributed by atoms with E-state index in [1.807, 2.05) is 0 Å². The lowest BCUT2D eigenvalue weighted by Gasteiger charge is -2.25. The molecule has 0 radical (unpaired) electrons. The van der Waals surface area contributed by atoms with Crippen LogP contribution in [0.2, 0.25) is 0 Å². The molecule has 1 unspecified atom stereocenters. The molecule has 20 heavy (non-hydrogen) atoms. The first-order valence-electron chi connectivity index (χ1n) is 5.75. The van der Waals surface area contributed by atoms with Crippen molar-refractivity contribution < 1.29 is 36.5 Å². The number of benzene rings is 1. The number of rotatable bonds is 2. The molecule has 1 aromatic rings. The SMILES string of the molecule is OC(c1ccc2c(c1)OCCCO2)C(F)(F)C(F)(F)F. The molecule has 0 saturated carbocycles. The molecule has 1 aliphatic rings. The predicted octanol–water partition coefficient (Wildman–Crippen LogP) is 3.08. The van der Waals surface area contributed by atoms with E-state index in [9.17, 15) is 27.1 Å². The molecule has 1 aromatic carbocycles. The molecule has 3 nitrogen and oxygen atoms in total. The fraction of sp³-hybridized carbons (Fsp3) is 0.500. The standard InChI is InChI=1S/C12H11F5O3/c13-11(14,12(15,16)17)10(18)7-2-3-8-9(6-7)20-5-1-4-19-8/h2-3,6,10,18H,1,4-5H2. The van der Waals surface area contributed by atoms with Gasteiger partial charge in [-0.1, -0.05) is 6.07 Å². The lowest BCUT2D eigenvalue weighted by molar-refractivity contribution is -0.315. The van der Waals surface area contributed by atoms with E-state index in [4.69, 9.17) is 9.47 Å². The Morgan fingerprint density at radius 3 is 2.20 bits per heavy atom. The fourth-order valence-electron chi connectivity index (χ4n) is 1.71. The van der Waals surface area contributed by atoms with Gasteiger partial charge in [-0.25, -0.2) is 0 Å². The molecule has 0 spiro atoms. The summed E-state index contributed by atoms with van der Waals surface area (Å²) < 4.78 is 73.2. The predicted molar refractivity (Wildman–Crippen MR) is 58.0 cm³/mol. The summed E-state index contributed by atoms with van der Waals surface area (Å²) >= 11 is 0. The number of fused-ring (bicyclic) bond motifs is 1. The summed E-state index contributed by atoms with van der Waals surface area (Å²) in [5.41, 5.74) is -0.587. The third-order valence-corrected chi connectivity index (χ3v) is 2.81. The lowest BCUT2D eigenvalue weighted by atomic mass is 10.0. The Kier molecular flexibility index (Phi) is 3.77. The molecular formula is C12H11F5O3. The largest absolute Gasteiger partial charge is 0.490 e. The van der Waals surface area contributed by atoms with E-state index in [-0.39, 0.29) is 18.1 Å². The van der Waals surface area contributed by atoms with Crippen molar-refractivity contribution in [1.29, 1.82) is 0 Å². The van der Waals surface area contributed by atoms with Gasteiger partial charge in [0.2, 0.25) is 0 Å². The summed E-state index contributed by atoms with van der Waals surface area (Å²) in [6.07, 6.45) is -8.28. The second-order valence-corrected chi connectivity index (χ2v) is 4.28. The zero-order chi connectivity index (χ0) is 15.0. The minimum absolute atomic E-state index is 0.0389. The molecule has 1 heterocycles. The van der Waals surface area contributed by atoms with Gasteiger partial charge in [0.25, 0.3) is 0 Å². The molecule has 1 N–H and O–H groups in total. The Balaban J connectivity index is 2.32. The van der Waals surface area contributed by atoms with Crippen molar-refractivity contribution >= 4 is 0 Å². The molecule has 0 saturated heterocycles. The number of hydrogen-bond donors (Lipinski definition) is 1. The summed E-state index contributed by atoms with van der Waals surface area (Å²) in [4.78, 5) is 0. The van der Waals surface area contributed by atoms with E-state index in [2.05, 4.69) is 0 Å². The van der Waals surface area contributed by atoms with Gasteiger partial charge >= 0.3 is 12.1 Å². The van der Waals surface area contributed by atoms with E-state index in [1.165, 1.54) is 6.07 Å². The third-order valence-electron chi connectivity index (χ3n) is 2.81. The highest BCUT2D eigenvalue weighted by Gasteiger charge is 2.62. The second-order valence-electron chi connectivity index (χ2n) is 4.28. The molecule has 0 aromatic heterocycles.